The van der Waals surface area contributed by atoms with E-state index in [4.69, 9.17) is 0 Å². The third kappa shape index (κ3) is 5.19. The minimum Gasteiger partial charge on any atom is -0.481 e. The first kappa shape index (κ1) is 14.5. The largest absolute Gasteiger partial charge is 0.481 e. The van der Waals surface area contributed by atoms with Crippen LogP contribution in [0.5, 0.6) is 0 Å². The molecule has 0 aromatic heterocycles. The molecule has 0 aromatic carbocycles. The molecule has 0 saturated heterocycles. The lowest BCUT2D eigenvalue weighted by Gasteiger charge is -2.32. The van der Waals surface area contributed by atoms with Crippen molar-refractivity contribution in [2.45, 2.75) is 60.3 Å². The molecule has 0 radical (unpaired) electrons. The van der Waals surface area contributed by atoms with Crippen molar-refractivity contribution in [1.82, 2.24) is 0 Å². The van der Waals surface area contributed by atoms with Gasteiger partial charge in [0.15, 0.2) is 0 Å². The fraction of sp³-hybridized carbons (Fsp3) is 0.923. The van der Waals surface area contributed by atoms with Gasteiger partial charge in [-0.25, -0.2) is 0 Å². The topological polar surface area (TPSA) is 37.3 Å². The number of aliphatic carboxylic acids is 1. The van der Waals surface area contributed by atoms with Gasteiger partial charge in [0.05, 0.1) is 5.92 Å². The summed E-state index contributed by atoms with van der Waals surface area (Å²) in [7, 11) is 0. The number of hydrogen-bond donors (Lipinski definition) is 1. The highest BCUT2D eigenvalue weighted by molar-refractivity contribution is 5.70. The highest BCUT2D eigenvalue weighted by atomic mass is 16.4. The maximum Gasteiger partial charge on any atom is 0.307 e. The quantitative estimate of drug-likeness (QED) is 0.696. The zero-order valence-corrected chi connectivity index (χ0v) is 10.8. The first-order valence-corrected chi connectivity index (χ1v) is 6.04. The number of carboxylic acids is 1. The van der Waals surface area contributed by atoms with Crippen molar-refractivity contribution in [2.75, 3.05) is 0 Å². The zero-order valence-electron chi connectivity index (χ0n) is 10.8. The summed E-state index contributed by atoms with van der Waals surface area (Å²) >= 11 is 0. The molecule has 1 unspecified atom stereocenters. The van der Waals surface area contributed by atoms with E-state index < -0.39 is 5.97 Å². The van der Waals surface area contributed by atoms with E-state index in [1.165, 1.54) is 0 Å². The molecule has 0 aliphatic rings. The smallest absolute Gasteiger partial charge is 0.307 e. The molecule has 1 N–H and O–H groups in total. The summed E-state index contributed by atoms with van der Waals surface area (Å²) in [5.74, 6) is -0.388. The molecular weight excluding hydrogens is 188 g/mol. The van der Waals surface area contributed by atoms with Crippen LogP contribution in [0.4, 0.5) is 0 Å². The molecule has 0 bridgehead atoms. The lowest BCUT2D eigenvalue weighted by atomic mass is 9.72. The van der Waals surface area contributed by atoms with Crippen LogP contribution in [0.2, 0.25) is 0 Å². The maximum atomic E-state index is 11.2. The maximum absolute atomic E-state index is 11.2. The summed E-state index contributed by atoms with van der Waals surface area (Å²) in [5.41, 5.74) is -0.0773. The van der Waals surface area contributed by atoms with Crippen LogP contribution in [0.15, 0.2) is 0 Å². The Balaban J connectivity index is 4.50. The molecule has 0 aliphatic heterocycles. The lowest BCUT2D eigenvalue weighted by Crippen LogP contribution is -2.32. The van der Waals surface area contributed by atoms with Crippen molar-refractivity contribution in [3.05, 3.63) is 0 Å². The Morgan fingerprint density at radius 2 is 1.87 bits per heavy atom. The molecule has 90 valence electrons. The Morgan fingerprint density at radius 1 is 1.33 bits per heavy atom. The average molecular weight is 214 g/mol. The van der Waals surface area contributed by atoms with Gasteiger partial charge in [-0.05, 0) is 24.2 Å². The van der Waals surface area contributed by atoms with Crippen LogP contribution in [0.3, 0.4) is 0 Å². The van der Waals surface area contributed by atoms with Crippen LogP contribution in [0, 0.1) is 17.3 Å². The molecule has 15 heavy (non-hydrogen) atoms. The summed E-state index contributed by atoms with van der Waals surface area (Å²) in [6.07, 6.45) is 4.05. The molecule has 0 amide bonds. The van der Waals surface area contributed by atoms with Crippen molar-refractivity contribution < 1.29 is 9.90 Å². The van der Waals surface area contributed by atoms with Crippen LogP contribution >= 0.6 is 0 Å². The Bertz CT molecular complexity index is 195. The third-order valence-corrected chi connectivity index (χ3v) is 3.12. The molecular formula is C13H26O2. The number of carboxylic acid groups (broad SMARTS) is 1. The van der Waals surface area contributed by atoms with Gasteiger partial charge in [-0.2, -0.15) is 0 Å². The van der Waals surface area contributed by atoms with Gasteiger partial charge in [0.1, 0.15) is 0 Å². The molecule has 1 atom stereocenters. The number of unbranched alkanes of at least 4 members (excludes halogenated alkanes) is 1. The molecule has 0 fully saturated rings. The minimum absolute atomic E-state index is 0.0773. The van der Waals surface area contributed by atoms with E-state index in [9.17, 15) is 9.90 Å². The van der Waals surface area contributed by atoms with Crippen LogP contribution in [-0.2, 0) is 4.79 Å². The Morgan fingerprint density at radius 3 is 2.20 bits per heavy atom. The summed E-state index contributed by atoms with van der Waals surface area (Å²) in [6.45, 7) is 10.5. The van der Waals surface area contributed by atoms with E-state index >= 15 is 0 Å². The van der Waals surface area contributed by atoms with Crippen molar-refractivity contribution in [2.24, 2.45) is 17.3 Å². The summed E-state index contributed by atoms with van der Waals surface area (Å²) in [5, 5.41) is 9.26. The molecule has 0 rings (SSSR count). The van der Waals surface area contributed by atoms with Gasteiger partial charge in [-0.3, -0.25) is 4.79 Å². The molecule has 0 saturated carbocycles. The van der Waals surface area contributed by atoms with Crippen LogP contribution < -0.4 is 0 Å². The number of carbonyl (C=O) groups is 1. The third-order valence-electron chi connectivity index (χ3n) is 3.12. The SMILES string of the molecule is CCCCC(C)(C)C(CC(C)C)C(=O)O. The summed E-state index contributed by atoms with van der Waals surface area (Å²) in [4.78, 5) is 11.2. The average Bonchev–Trinajstić information content (AvgIpc) is 2.10. The van der Waals surface area contributed by atoms with Gasteiger partial charge < -0.3 is 5.11 Å². The summed E-state index contributed by atoms with van der Waals surface area (Å²) in [6, 6.07) is 0. The fourth-order valence-corrected chi connectivity index (χ4v) is 2.03. The molecule has 2 nitrogen and oxygen atoms in total. The Labute approximate surface area is 94.1 Å². The van der Waals surface area contributed by atoms with Crippen molar-refractivity contribution in [3.63, 3.8) is 0 Å². The predicted molar refractivity (Wildman–Crippen MR) is 63.9 cm³/mol. The van der Waals surface area contributed by atoms with Crippen molar-refractivity contribution in [3.8, 4) is 0 Å². The zero-order chi connectivity index (χ0) is 12.1. The monoisotopic (exact) mass is 214 g/mol. The molecule has 2 heteroatoms. The van der Waals surface area contributed by atoms with E-state index in [0.717, 1.165) is 25.7 Å². The lowest BCUT2D eigenvalue weighted by molar-refractivity contribution is -0.147. The van der Waals surface area contributed by atoms with E-state index in [-0.39, 0.29) is 11.3 Å². The van der Waals surface area contributed by atoms with Crippen molar-refractivity contribution >= 4 is 5.97 Å². The van der Waals surface area contributed by atoms with Gasteiger partial charge in [0.2, 0.25) is 0 Å². The van der Waals surface area contributed by atoms with Crippen molar-refractivity contribution in [1.29, 1.82) is 0 Å². The van der Waals surface area contributed by atoms with Crippen LogP contribution in [0.25, 0.3) is 0 Å². The highest BCUT2D eigenvalue weighted by Crippen LogP contribution is 2.36. The molecule has 0 spiro atoms. The molecule has 0 aromatic rings. The summed E-state index contributed by atoms with van der Waals surface area (Å²) < 4.78 is 0. The van der Waals surface area contributed by atoms with Gasteiger partial charge in [-0.15, -0.1) is 0 Å². The Hall–Kier alpha value is -0.530. The van der Waals surface area contributed by atoms with Crippen LogP contribution in [-0.4, -0.2) is 11.1 Å². The Kier molecular flexibility index (Phi) is 5.92. The predicted octanol–water partition coefficient (Wildman–Crippen LogP) is 3.95. The highest BCUT2D eigenvalue weighted by Gasteiger charge is 2.34. The fourth-order valence-electron chi connectivity index (χ4n) is 2.03. The van der Waals surface area contributed by atoms with Gasteiger partial charge in [-0.1, -0.05) is 47.5 Å². The van der Waals surface area contributed by atoms with Gasteiger partial charge in [0, 0.05) is 0 Å². The first-order chi connectivity index (χ1) is 6.81. The van der Waals surface area contributed by atoms with Crippen LogP contribution in [0.1, 0.15) is 60.3 Å². The second-order valence-electron chi connectivity index (χ2n) is 5.61. The second kappa shape index (κ2) is 6.14. The van der Waals surface area contributed by atoms with E-state index in [2.05, 4.69) is 34.6 Å². The second-order valence-corrected chi connectivity index (χ2v) is 5.61. The number of rotatable bonds is 7. The van der Waals surface area contributed by atoms with E-state index in [1.807, 2.05) is 0 Å². The molecule has 0 aliphatic carbocycles. The van der Waals surface area contributed by atoms with E-state index in [0.29, 0.717) is 5.92 Å². The standard InChI is InChI=1S/C13H26O2/c1-6-7-8-13(4,5)11(12(14)15)9-10(2)3/h10-11H,6-9H2,1-5H3,(H,14,15). The normalized spacial score (nSPS) is 14.3. The minimum atomic E-state index is -0.634. The number of hydrogen-bond acceptors (Lipinski definition) is 1. The van der Waals surface area contributed by atoms with E-state index in [1.54, 1.807) is 0 Å². The molecule has 0 heterocycles. The van der Waals surface area contributed by atoms with Gasteiger partial charge >= 0.3 is 5.97 Å². The first-order valence-electron chi connectivity index (χ1n) is 6.04. The van der Waals surface area contributed by atoms with Gasteiger partial charge in [0.25, 0.3) is 0 Å².